The maximum absolute atomic E-state index is 8.83. The van der Waals surface area contributed by atoms with Gasteiger partial charge in [0, 0.05) is 50.0 Å². The predicted molar refractivity (Wildman–Crippen MR) is 347 cm³/mol. The molecule has 0 saturated carbocycles. The largest absolute Gasteiger partial charge is 0.457 e. The van der Waals surface area contributed by atoms with E-state index < -0.39 is 6.85 Å². The molecule has 0 amide bonds. The lowest BCUT2D eigenvalue weighted by atomic mass is 9.61. The quantitative estimate of drug-likeness (QED) is 0.140. The van der Waals surface area contributed by atoms with Crippen LogP contribution in [0.5, 0.6) is 11.5 Å². The van der Waals surface area contributed by atoms with E-state index in [4.69, 9.17) is 13.8 Å². The van der Waals surface area contributed by atoms with E-state index in [0.717, 1.165) is 80.4 Å². The van der Waals surface area contributed by atoms with Crippen LogP contribution in [0.3, 0.4) is 0 Å². The van der Waals surface area contributed by atoms with Gasteiger partial charge < -0.3 is 19.9 Å². The number of benzene rings is 9. The zero-order chi connectivity index (χ0) is 59.6. The van der Waals surface area contributed by atoms with Crippen molar-refractivity contribution in [3.05, 3.63) is 246 Å². The highest BCUT2D eigenvalue weighted by Gasteiger charge is 2.39. The Balaban J connectivity index is 0.857. The minimum Gasteiger partial charge on any atom is -0.457 e. The average Bonchev–Trinajstić information content (AvgIpc) is 1.90. The van der Waals surface area contributed by atoms with Crippen LogP contribution in [0, 0.1) is 6.85 Å². The Morgan fingerprint density at radius 3 is 1.79 bits per heavy atom. The molecule has 5 heteroatoms. The van der Waals surface area contributed by atoms with Crippen molar-refractivity contribution < 1.29 is 8.85 Å². The summed E-state index contributed by atoms with van der Waals surface area (Å²) in [4.78, 5) is 9.83. The highest BCUT2D eigenvalue weighted by molar-refractivity contribution is 5.99. The molecule has 5 nitrogen and oxygen atoms in total. The summed E-state index contributed by atoms with van der Waals surface area (Å²) in [6, 6.07) is 75.2. The van der Waals surface area contributed by atoms with Crippen molar-refractivity contribution in [2.75, 3.05) is 21.8 Å². The number of ether oxygens (including phenoxy) is 1. The molecule has 410 valence electrons. The lowest BCUT2D eigenvalue weighted by Gasteiger charge is -2.43. The fourth-order valence-corrected chi connectivity index (χ4v) is 12.3. The van der Waals surface area contributed by atoms with Gasteiger partial charge in [-0.2, -0.15) is 0 Å². The van der Waals surface area contributed by atoms with Crippen molar-refractivity contribution in [1.82, 2.24) is 4.98 Å². The summed E-state index contributed by atoms with van der Waals surface area (Å²) in [7, 11) is 0. The second-order valence-corrected chi connectivity index (χ2v) is 25.8. The van der Waals surface area contributed by atoms with Gasteiger partial charge in [-0.3, -0.25) is 0 Å². The fourth-order valence-electron chi connectivity index (χ4n) is 12.3. The molecular formula is C77H76N4O. The lowest BCUT2D eigenvalue weighted by Crippen LogP contribution is -2.34. The predicted octanol–water partition coefficient (Wildman–Crippen LogP) is 21.5. The molecule has 1 N–H and O–H groups in total. The highest BCUT2D eigenvalue weighted by atomic mass is 16.5. The van der Waals surface area contributed by atoms with Gasteiger partial charge in [0.05, 0.1) is 17.1 Å². The summed E-state index contributed by atoms with van der Waals surface area (Å²) >= 11 is 0. The number of nitrogens with zero attached hydrogens (tertiary/aromatic N) is 3. The third-order valence-electron chi connectivity index (χ3n) is 17.1. The first-order valence-corrected chi connectivity index (χ1v) is 29.0. The van der Waals surface area contributed by atoms with Crippen LogP contribution in [-0.4, -0.2) is 11.7 Å². The Hall–Kier alpha value is -8.67. The van der Waals surface area contributed by atoms with E-state index in [-0.39, 0.29) is 27.2 Å². The molecule has 10 aromatic rings. The van der Waals surface area contributed by atoms with E-state index >= 15 is 0 Å². The first kappa shape index (κ1) is 50.3. The number of para-hydroxylation sites is 3. The van der Waals surface area contributed by atoms with Crippen LogP contribution in [0.2, 0.25) is 0 Å². The second kappa shape index (κ2) is 21.0. The molecule has 1 aliphatic heterocycles. The first-order valence-electron chi connectivity index (χ1n) is 30.5. The molecule has 9 aromatic carbocycles. The fraction of sp³-hybridized carbons (Fsp3) is 0.234. The maximum atomic E-state index is 8.83. The van der Waals surface area contributed by atoms with Crippen molar-refractivity contribution in [2.24, 2.45) is 0 Å². The van der Waals surface area contributed by atoms with Crippen LogP contribution in [-0.2, 0) is 21.7 Å². The number of pyridine rings is 1. The van der Waals surface area contributed by atoms with Gasteiger partial charge in [0.15, 0.2) is 0 Å². The number of hydrogen-bond acceptors (Lipinski definition) is 5. The van der Waals surface area contributed by atoms with E-state index in [1.807, 2.05) is 18.2 Å². The Labute approximate surface area is 491 Å². The van der Waals surface area contributed by atoms with Crippen molar-refractivity contribution in [1.29, 1.82) is 0 Å². The van der Waals surface area contributed by atoms with Gasteiger partial charge in [-0.1, -0.05) is 215 Å². The average molecular weight is 1080 g/mol. The van der Waals surface area contributed by atoms with E-state index in [1.54, 1.807) is 12.3 Å². The highest BCUT2D eigenvalue weighted by Crippen LogP contribution is 2.53. The van der Waals surface area contributed by atoms with Gasteiger partial charge in [0.1, 0.15) is 24.0 Å². The van der Waals surface area contributed by atoms with Crippen LogP contribution in [0.25, 0.3) is 55.6 Å². The number of nitrogens with one attached hydrogen (secondary N) is 1. The molecular weight excluding hydrogens is 997 g/mol. The third-order valence-corrected chi connectivity index (χ3v) is 17.1. The molecule has 2 heterocycles. The normalized spacial score (nSPS) is 15.2. The number of rotatable bonds is 11. The van der Waals surface area contributed by atoms with Gasteiger partial charge in [0.25, 0.3) is 0 Å². The summed E-state index contributed by atoms with van der Waals surface area (Å²) in [5, 5.41) is 3.58. The van der Waals surface area contributed by atoms with Crippen molar-refractivity contribution in [2.45, 2.75) is 111 Å². The Bertz CT molecular complexity index is 4110. The number of aryl methyl sites for hydroxylation is 1. The molecule has 0 bridgehead atoms. The molecule has 2 aliphatic rings. The summed E-state index contributed by atoms with van der Waals surface area (Å²) in [6.45, 7) is 20.9. The molecule has 0 unspecified atom stereocenters. The van der Waals surface area contributed by atoms with Crippen molar-refractivity contribution >= 4 is 34.3 Å². The number of aromatic nitrogens is 1. The van der Waals surface area contributed by atoms with Gasteiger partial charge >= 0.3 is 0 Å². The molecule has 0 radical (unpaired) electrons. The van der Waals surface area contributed by atoms with Crippen LogP contribution < -0.4 is 19.9 Å². The molecule has 82 heavy (non-hydrogen) atoms. The van der Waals surface area contributed by atoms with Crippen LogP contribution in [0.15, 0.2) is 219 Å². The van der Waals surface area contributed by atoms with E-state index in [1.165, 1.54) is 38.9 Å². The summed E-state index contributed by atoms with van der Waals surface area (Å²) in [5.74, 6) is 1.89. The third kappa shape index (κ3) is 10.5. The van der Waals surface area contributed by atoms with Gasteiger partial charge in [-0.05, 0) is 163 Å². The zero-order valence-corrected chi connectivity index (χ0v) is 49.2. The maximum Gasteiger partial charge on any atom is 0.130 e. The zero-order valence-electron chi connectivity index (χ0n) is 52.2. The molecule has 1 aliphatic carbocycles. The number of fused-ring (bicyclic) bond motifs is 2. The van der Waals surface area contributed by atoms with Crippen LogP contribution >= 0.6 is 0 Å². The van der Waals surface area contributed by atoms with Crippen LogP contribution in [0.1, 0.15) is 114 Å². The Kier molecular flexibility index (Phi) is 12.9. The van der Waals surface area contributed by atoms with Crippen molar-refractivity contribution in [3.63, 3.8) is 0 Å². The molecule has 1 aromatic heterocycles. The van der Waals surface area contributed by atoms with E-state index in [2.05, 4.69) is 272 Å². The lowest BCUT2D eigenvalue weighted by molar-refractivity contribution is 0.333. The monoisotopic (exact) mass is 1080 g/mol. The van der Waals surface area contributed by atoms with E-state index in [9.17, 15) is 0 Å². The molecule has 12 rings (SSSR count). The molecule has 0 atom stereocenters. The first-order chi connectivity index (χ1) is 40.5. The Morgan fingerprint density at radius 2 is 1.09 bits per heavy atom. The van der Waals surface area contributed by atoms with Crippen LogP contribution in [0.4, 0.5) is 34.3 Å². The number of hydrogen-bond donors (Lipinski definition) is 1. The topological polar surface area (TPSA) is 40.6 Å². The van der Waals surface area contributed by atoms with Gasteiger partial charge in [-0.25, -0.2) is 4.98 Å². The van der Waals surface area contributed by atoms with Gasteiger partial charge in [-0.15, -0.1) is 0 Å². The molecule has 0 fully saturated rings. The molecule has 0 saturated heterocycles. The minimum atomic E-state index is -2.38. The van der Waals surface area contributed by atoms with Gasteiger partial charge in [0.2, 0.25) is 0 Å². The standard InChI is InChI=1S/C77H76N4O/c1-51-43-71(78-49-66(51)64-31-22-32-67-72(64)77(10,11)42-41-76(67,8)9)79-68-40-37-57(74(2,3)4)47-65(68)54-35-38-60(39-36-54)82-61-28-20-27-59(48-61)80-50-81(70-34-19-18-33-69(70)80)73-62(53-25-16-13-17-26-53)29-21-30-63(73)56-44-55(52-23-14-12-15-24-52)45-58(46-56)75(5,6)7/h12-40,43-49H,41-42,50H2,1-11H3,(H,78,79)/i1D3. The SMILES string of the molecule is [2H]C([2H])([2H])c1cc(Nc2ccc(C(C)(C)C)cc2-c2ccc(Oc3cccc(N4CN(c5c(-c6ccccc6)cccc5-c5cc(-c6ccccc6)cc(C(C)(C)C)c5)c5ccccc54)c3)cc2)ncc1-c1cccc2c1C(C)(C)CCC2(C)C. The smallest absolute Gasteiger partial charge is 0.130 e. The van der Waals surface area contributed by atoms with Crippen molar-refractivity contribution in [3.8, 4) is 67.1 Å². The molecule has 0 spiro atoms. The summed E-state index contributed by atoms with van der Waals surface area (Å²) in [6.07, 6.45) is 3.84. The Morgan fingerprint density at radius 1 is 0.476 bits per heavy atom. The number of anilines is 6. The minimum absolute atomic E-state index is 0.0233. The summed E-state index contributed by atoms with van der Waals surface area (Å²) < 4.78 is 33.2. The second-order valence-electron chi connectivity index (χ2n) is 25.8. The van der Waals surface area contributed by atoms with E-state index in [0.29, 0.717) is 23.8 Å². The summed E-state index contributed by atoms with van der Waals surface area (Å²) in [5.41, 5.74) is 20.7.